The Bertz CT molecular complexity index is 412. The summed E-state index contributed by atoms with van der Waals surface area (Å²) in [6.45, 7) is 7.58. The van der Waals surface area contributed by atoms with Crippen LogP contribution in [0.2, 0.25) is 0 Å². The second kappa shape index (κ2) is 5.90. The minimum Gasteiger partial charge on any atom is -0.468 e. The largest absolute Gasteiger partial charge is 0.468 e. The fraction of sp³-hybridized carbons (Fsp3) is 0.643. The number of hydrogen-bond donors (Lipinski definition) is 1. The molecule has 4 nitrogen and oxygen atoms in total. The maximum Gasteiger partial charge on any atom is 0.317 e. The van der Waals surface area contributed by atoms with Crippen molar-refractivity contribution in [1.82, 2.24) is 10.2 Å². The molecular formula is C14H22N2O2S. The molecule has 1 saturated heterocycles. The van der Waals surface area contributed by atoms with Crippen LogP contribution >= 0.6 is 11.8 Å². The molecule has 1 N–H and O–H groups in total. The lowest BCUT2D eigenvalue weighted by Gasteiger charge is -2.27. The van der Waals surface area contributed by atoms with Gasteiger partial charge in [0.2, 0.25) is 0 Å². The van der Waals surface area contributed by atoms with Crippen LogP contribution in [0.1, 0.15) is 38.2 Å². The first-order valence-electron chi connectivity index (χ1n) is 6.68. The number of furan rings is 1. The highest BCUT2D eigenvalue weighted by Crippen LogP contribution is 2.34. The van der Waals surface area contributed by atoms with E-state index in [2.05, 4.69) is 5.32 Å². The standard InChI is InChI=1S/C14H22N2O2S/c1-14(2,3)15-13(17)16-7-6-12(19-10-8-16)11-5-4-9-18-11/h4-5,9,12H,6-8,10H2,1-3H3,(H,15,17)/t12-/m1/s1. The Morgan fingerprint density at radius 3 is 2.89 bits per heavy atom. The minimum atomic E-state index is -0.184. The normalized spacial score (nSPS) is 21.0. The summed E-state index contributed by atoms with van der Waals surface area (Å²) in [5, 5.41) is 3.38. The van der Waals surface area contributed by atoms with E-state index in [-0.39, 0.29) is 11.6 Å². The van der Waals surface area contributed by atoms with Crippen LogP contribution in [-0.4, -0.2) is 35.3 Å². The van der Waals surface area contributed by atoms with E-state index in [1.54, 1.807) is 6.26 Å². The zero-order chi connectivity index (χ0) is 13.9. The maximum absolute atomic E-state index is 12.1. The van der Waals surface area contributed by atoms with Gasteiger partial charge in [-0.2, -0.15) is 0 Å². The molecule has 0 aromatic carbocycles. The van der Waals surface area contributed by atoms with Crippen LogP contribution < -0.4 is 5.32 Å². The van der Waals surface area contributed by atoms with Gasteiger partial charge in [0.1, 0.15) is 5.76 Å². The van der Waals surface area contributed by atoms with E-state index >= 15 is 0 Å². The number of carbonyl (C=O) groups excluding carboxylic acids is 1. The molecule has 0 radical (unpaired) electrons. The second-order valence-electron chi connectivity index (χ2n) is 5.83. The van der Waals surface area contributed by atoms with E-state index in [0.717, 1.165) is 31.0 Å². The number of carbonyl (C=O) groups is 1. The van der Waals surface area contributed by atoms with Crippen LogP contribution in [0.3, 0.4) is 0 Å². The van der Waals surface area contributed by atoms with E-state index in [4.69, 9.17) is 4.42 Å². The average molecular weight is 282 g/mol. The second-order valence-corrected chi connectivity index (χ2v) is 7.14. The van der Waals surface area contributed by atoms with Gasteiger partial charge in [0.15, 0.2) is 0 Å². The summed E-state index contributed by atoms with van der Waals surface area (Å²) in [7, 11) is 0. The summed E-state index contributed by atoms with van der Waals surface area (Å²) in [4.78, 5) is 14.0. The van der Waals surface area contributed by atoms with Crippen LogP contribution in [0.25, 0.3) is 0 Å². The monoisotopic (exact) mass is 282 g/mol. The highest BCUT2D eigenvalue weighted by atomic mass is 32.2. The van der Waals surface area contributed by atoms with Gasteiger partial charge in [-0.05, 0) is 39.3 Å². The van der Waals surface area contributed by atoms with Crippen molar-refractivity contribution in [3.8, 4) is 0 Å². The predicted molar refractivity (Wildman–Crippen MR) is 78.4 cm³/mol. The van der Waals surface area contributed by atoms with Gasteiger partial charge in [-0.25, -0.2) is 4.79 Å². The smallest absolute Gasteiger partial charge is 0.317 e. The van der Waals surface area contributed by atoms with Crippen molar-refractivity contribution in [3.63, 3.8) is 0 Å². The fourth-order valence-electron chi connectivity index (χ4n) is 2.08. The number of amides is 2. The molecule has 2 heterocycles. The summed E-state index contributed by atoms with van der Waals surface area (Å²) in [6.07, 6.45) is 2.65. The van der Waals surface area contributed by atoms with Crippen molar-refractivity contribution in [2.45, 2.75) is 38.0 Å². The van der Waals surface area contributed by atoms with Gasteiger partial charge in [0.25, 0.3) is 0 Å². The van der Waals surface area contributed by atoms with Crippen LogP contribution in [0, 0.1) is 0 Å². The molecule has 1 atom stereocenters. The molecular weight excluding hydrogens is 260 g/mol. The van der Waals surface area contributed by atoms with Crippen molar-refractivity contribution in [2.24, 2.45) is 0 Å². The van der Waals surface area contributed by atoms with E-state index < -0.39 is 0 Å². The van der Waals surface area contributed by atoms with Crippen LogP contribution in [-0.2, 0) is 0 Å². The molecule has 1 fully saturated rings. The number of nitrogens with one attached hydrogen (secondary N) is 1. The summed E-state index contributed by atoms with van der Waals surface area (Å²) in [5.74, 6) is 1.96. The van der Waals surface area contributed by atoms with Crippen LogP contribution in [0.4, 0.5) is 4.79 Å². The molecule has 0 spiro atoms. The van der Waals surface area contributed by atoms with Crippen molar-refractivity contribution >= 4 is 17.8 Å². The molecule has 0 aliphatic carbocycles. The van der Waals surface area contributed by atoms with Gasteiger partial charge >= 0.3 is 6.03 Å². The fourth-order valence-corrected chi connectivity index (χ4v) is 3.26. The number of thioether (sulfide) groups is 1. The molecule has 19 heavy (non-hydrogen) atoms. The molecule has 1 aliphatic rings. The van der Waals surface area contributed by atoms with E-state index in [1.807, 2.05) is 49.6 Å². The SMILES string of the molecule is CC(C)(C)NC(=O)N1CCS[C@@H](c2ccco2)CC1. The lowest BCUT2D eigenvalue weighted by molar-refractivity contribution is 0.191. The zero-order valence-corrected chi connectivity index (χ0v) is 12.6. The maximum atomic E-state index is 12.1. The third-order valence-electron chi connectivity index (χ3n) is 2.97. The Balaban J connectivity index is 1.91. The summed E-state index contributed by atoms with van der Waals surface area (Å²) < 4.78 is 5.46. The van der Waals surface area contributed by atoms with E-state index in [0.29, 0.717) is 5.25 Å². The highest BCUT2D eigenvalue weighted by molar-refractivity contribution is 7.99. The summed E-state index contributed by atoms with van der Waals surface area (Å²) in [5.41, 5.74) is -0.184. The van der Waals surface area contributed by atoms with Crippen LogP contribution in [0.5, 0.6) is 0 Å². The molecule has 1 aromatic heterocycles. The molecule has 0 bridgehead atoms. The van der Waals surface area contributed by atoms with Crippen molar-refractivity contribution < 1.29 is 9.21 Å². The number of rotatable bonds is 1. The molecule has 106 valence electrons. The topological polar surface area (TPSA) is 45.5 Å². The van der Waals surface area contributed by atoms with Crippen molar-refractivity contribution in [3.05, 3.63) is 24.2 Å². The first-order valence-corrected chi connectivity index (χ1v) is 7.73. The molecule has 1 aliphatic heterocycles. The van der Waals surface area contributed by atoms with E-state index in [9.17, 15) is 4.79 Å². The number of hydrogen-bond acceptors (Lipinski definition) is 3. The Labute approximate surface area is 118 Å². The minimum absolute atomic E-state index is 0.0354. The third kappa shape index (κ3) is 4.20. The quantitative estimate of drug-likeness (QED) is 0.860. The van der Waals surface area contributed by atoms with Gasteiger partial charge in [-0.1, -0.05) is 0 Å². The van der Waals surface area contributed by atoms with Crippen molar-refractivity contribution in [1.29, 1.82) is 0 Å². The lowest BCUT2D eigenvalue weighted by atomic mass is 10.1. The molecule has 2 rings (SSSR count). The van der Waals surface area contributed by atoms with Gasteiger partial charge in [0, 0.05) is 24.4 Å². The number of urea groups is 1. The molecule has 1 aromatic rings. The first kappa shape index (κ1) is 14.3. The molecule has 0 unspecified atom stereocenters. The summed E-state index contributed by atoms with van der Waals surface area (Å²) >= 11 is 1.87. The van der Waals surface area contributed by atoms with E-state index in [1.165, 1.54) is 0 Å². The Kier molecular flexibility index (Phi) is 4.45. The molecule has 5 heteroatoms. The lowest BCUT2D eigenvalue weighted by Crippen LogP contribution is -2.49. The Hall–Kier alpha value is -1.10. The average Bonchev–Trinajstić information content (AvgIpc) is 2.71. The first-order chi connectivity index (χ1) is 8.96. The zero-order valence-electron chi connectivity index (χ0n) is 11.8. The van der Waals surface area contributed by atoms with Gasteiger partial charge in [-0.3, -0.25) is 0 Å². The Morgan fingerprint density at radius 1 is 1.47 bits per heavy atom. The number of nitrogens with zero attached hydrogens (tertiary/aromatic N) is 1. The van der Waals surface area contributed by atoms with Gasteiger partial charge in [0.05, 0.1) is 11.5 Å². The predicted octanol–water partition coefficient (Wildman–Crippen LogP) is 3.27. The summed E-state index contributed by atoms with van der Waals surface area (Å²) in [6, 6.07) is 3.97. The van der Waals surface area contributed by atoms with Gasteiger partial charge in [-0.15, -0.1) is 11.8 Å². The highest BCUT2D eigenvalue weighted by Gasteiger charge is 2.25. The van der Waals surface area contributed by atoms with Crippen LogP contribution in [0.15, 0.2) is 22.8 Å². The Morgan fingerprint density at radius 2 is 2.26 bits per heavy atom. The van der Waals surface area contributed by atoms with Crippen molar-refractivity contribution in [2.75, 3.05) is 18.8 Å². The van der Waals surface area contributed by atoms with Gasteiger partial charge < -0.3 is 14.6 Å². The molecule has 2 amide bonds. The third-order valence-corrected chi connectivity index (χ3v) is 4.26. The molecule has 0 saturated carbocycles.